The third kappa shape index (κ3) is 1.20. The van der Waals surface area contributed by atoms with E-state index < -0.39 is 5.41 Å². The molecule has 0 saturated heterocycles. The molecule has 0 bridgehead atoms. The van der Waals surface area contributed by atoms with E-state index in [1.54, 1.807) is 22.8 Å². The second kappa shape index (κ2) is 2.71. The lowest BCUT2D eigenvalue weighted by atomic mass is 10.1. The molecule has 3 rings (SSSR count). The van der Waals surface area contributed by atoms with Crippen molar-refractivity contribution in [2.75, 3.05) is 0 Å². The third-order valence-electron chi connectivity index (χ3n) is 2.69. The van der Waals surface area contributed by atoms with Crippen molar-refractivity contribution in [3.63, 3.8) is 0 Å². The lowest BCUT2D eigenvalue weighted by Gasteiger charge is -1.94. The van der Waals surface area contributed by atoms with Gasteiger partial charge in [0.2, 0.25) is 0 Å². The summed E-state index contributed by atoms with van der Waals surface area (Å²) in [5.41, 5.74) is 0.261. The van der Waals surface area contributed by atoms with Gasteiger partial charge < -0.3 is 0 Å². The van der Waals surface area contributed by atoms with Crippen LogP contribution in [-0.2, 0) is 5.41 Å². The van der Waals surface area contributed by atoms with Crippen molar-refractivity contribution >= 4 is 17.2 Å². The topological polar surface area (TPSA) is 54.0 Å². The zero-order valence-corrected chi connectivity index (χ0v) is 8.57. The van der Waals surface area contributed by atoms with E-state index in [1.165, 1.54) is 0 Å². The molecule has 2 heterocycles. The molecule has 0 aliphatic heterocycles. The van der Waals surface area contributed by atoms with Crippen LogP contribution in [0.4, 0.5) is 0 Å². The van der Waals surface area contributed by atoms with E-state index in [1.807, 2.05) is 0 Å². The van der Waals surface area contributed by atoms with Crippen LogP contribution in [-0.4, -0.2) is 14.6 Å². The highest BCUT2D eigenvalue weighted by Crippen LogP contribution is 2.45. The summed E-state index contributed by atoms with van der Waals surface area (Å²) >= 11 is 5.85. The maximum absolute atomic E-state index is 9.02. The minimum Gasteiger partial charge on any atom is -0.221 e. The van der Waals surface area contributed by atoms with Gasteiger partial charge in [0, 0.05) is 17.3 Å². The molecule has 1 aliphatic carbocycles. The zero-order chi connectivity index (χ0) is 10.5. The van der Waals surface area contributed by atoms with Crippen LogP contribution in [0.2, 0.25) is 5.02 Å². The second-order valence-corrected chi connectivity index (χ2v) is 4.21. The molecule has 15 heavy (non-hydrogen) atoms. The van der Waals surface area contributed by atoms with E-state index in [2.05, 4.69) is 16.2 Å². The van der Waals surface area contributed by atoms with Crippen molar-refractivity contribution in [2.24, 2.45) is 0 Å². The number of aromatic nitrogens is 3. The SMILES string of the molecule is N#CC1(c2nc3cc(Cl)ccn3n2)CC1. The Morgan fingerprint density at radius 2 is 2.33 bits per heavy atom. The summed E-state index contributed by atoms with van der Waals surface area (Å²) in [5.74, 6) is 0.618. The van der Waals surface area contributed by atoms with Gasteiger partial charge in [-0.2, -0.15) is 5.26 Å². The van der Waals surface area contributed by atoms with E-state index >= 15 is 0 Å². The van der Waals surface area contributed by atoms with Gasteiger partial charge in [-0.25, -0.2) is 9.50 Å². The molecule has 0 N–H and O–H groups in total. The number of fused-ring (bicyclic) bond motifs is 1. The first-order valence-corrected chi connectivity index (χ1v) is 5.05. The van der Waals surface area contributed by atoms with Gasteiger partial charge >= 0.3 is 0 Å². The highest BCUT2D eigenvalue weighted by molar-refractivity contribution is 6.30. The number of hydrogen-bond acceptors (Lipinski definition) is 3. The van der Waals surface area contributed by atoms with Gasteiger partial charge in [0.25, 0.3) is 0 Å². The highest BCUT2D eigenvalue weighted by Gasteiger charge is 2.48. The van der Waals surface area contributed by atoms with E-state index in [9.17, 15) is 0 Å². The van der Waals surface area contributed by atoms with Crippen LogP contribution in [0.1, 0.15) is 18.7 Å². The van der Waals surface area contributed by atoms with E-state index in [-0.39, 0.29) is 0 Å². The quantitative estimate of drug-likeness (QED) is 0.735. The molecule has 0 radical (unpaired) electrons. The van der Waals surface area contributed by atoms with Gasteiger partial charge in [-0.1, -0.05) is 11.6 Å². The minimum absolute atomic E-state index is 0.432. The third-order valence-corrected chi connectivity index (χ3v) is 2.93. The Kier molecular flexibility index (Phi) is 1.57. The van der Waals surface area contributed by atoms with Crippen LogP contribution in [0.3, 0.4) is 0 Å². The zero-order valence-electron chi connectivity index (χ0n) is 7.81. The summed E-state index contributed by atoms with van der Waals surface area (Å²) in [6.07, 6.45) is 3.46. The molecule has 0 spiro atoms. The molecule has 2 aromatic rings. The monoisotopic (exact) mass is 218 g/mol. The molecule has 1 aliphatic rings. The minimum atomic E-state index is -0.432. The summed E-state index contributed by atoms with van der Waals surface area (Å²) < 4.78 is 1.65. The Balaban J connectivity index is 2.19. The Bertz CT molecular complexity index is 577. The standard InChI is InChI=1S/C10H7ClN4/c11-7-1-4-15-8(5-7)13-9(14-15)10(6-12)2-3-10/h1,4-5H,2-3H2. The Morgan fingerprint density at radius 3 is 3.00 bits per heavy atom. The highest BCUT2D eigenvalue weighted by atomic mass is 35.5. The Hall–Kier alpha value is -1.60. The number of hydrogen-bond donors (Lipinski definition) is 0. The molecule has 0 atom stereocenters. The fourth-order valence-corrected chi connectivity index (χ4v) is 1.72. The maximum atomic E-state index is 9.02. The summed E-state index contributed by atoms with van der Waals surface area (Å²) in [6, 6.07) is 5.76. The first-order chi connectivity index (χ1) is 7.23. The summed E-state index contributed by atoms with van der Waals surface area (Å²) in [7, 11) is 0. The number of nitriles is 1. The normalized spacial score (nSPS) is 17.6. The van der Waals surface area contributed by atoms with Crippen LogP contribution in [0.25, 0.3) is 5.65 Å². The van der Waals surface area contributed by atoms with E-state index in [0.717, 1.165) is 12.8 Å². The molecule has 0 unspecified atom stereocenters. The molecule has 1 saturated carbocycles. The van der Waals surface area contributed by atoms with Crippen molar-refractivity contribution < 1.29 is 0 Å². The number of nitrogens with zero attached hydrogens (tertiary/aromatic N) is 4. The smallest absolute Gasteiger partial charge is 0.171 e. The average Bonchev–Trinajstić information content (AvgIpc) is 2.93. The van der Waals surface area contributed by atoms with Crippen molar-refractivity contribution in [1.29, 1.82) is 5.26 Å². The average molecular weight is 219 g/mol. The number of rotatable bonds is 1. The lowest BCUT2D eigenvalue weighted by molar-refractivity contribution is 0.784. The van der Waals surface area contributed by atoms with Crippen LogP contribution in [0.5, 0.6) is 0 Å². The lowest BCUT2D eigenvalue weighted by Crippen LogP contribution is -2.05. The fraction of sp³-hybridized carbons (Fsp3) is 0.300. The van der Waals surface area contributed by atoms with E-state index in [4.69, 9.17) is 16.9 Å². The van der Waals surface area contributed by atoms with Gasteiger partial charge in [0.15, 0.2) is 11.5 Å². The van der Waals surface area contributed by atoms with Crippen molar-refractivity contribution in [2.45, 2.75) is 18.3 Å². The van der Waals surface area contributed by atoms with Gasteiger partial charge in [-0.15, -0.1) is 5.10 Å². The van der Waals surface area contributed by atoms with Gasteiger partial charge in [-0.05, 0) is 18.9 Å². The van der Waals surface area contributed by atoms with E-state index in [0.29, 0.717) is 16.5 Å². The summed E-state index contributed by atoms with van der Waals surface area (Å²) in [5, 5.41) is 13.9. The van der Waals surface area contributed by atoms with Crippen LogP contribution < -0.4 is 0 Å². The summed E-state index contributed by atoms with van der Waals surface area (Å²) in [4.78, 5) is 4.32. The van der Waals surface area contributed by atoms with Crippen LogP contribution in [0.15, 0.2) is 18.3 Å². The molecular formula is C10H7ClN4. The predicted octanol–water partition coefficient (Wildman–Crippen LogP) is 1.94. The Morgan fingerprint density at radius 1 is 1.53 bits per heavy atom. The molecule has 4 nitrogen and oxygen atoms in total. The predicted molar refractivity (Wildman–Crippen MR) is 54.5 cm³/mol. The molecule has 74 valence electrons. The molecular weight excluding hydrogens is 212 g/mol. The molecule has 5 heteroatoms. The van der Waals surface area contributed by atoms with Crippen molar-refractivity contribution in [3.8, 4) is 6.07 Å². The molecule has 2 aromatic heterocycles. The molecule has 1 fully saturated rings. The number of halogens is 1. The maximum Gasteiger partial charge on any atom is 0.171 e. The second-order valence-electron chi connectivity index (χ2n) is 3.78. The largest absolute Gasteiger partial charge is 0.221 e. The first-order valence-electron chi connectivity index (χ1n) is 4.67. The number of pyridine rings is 1. The van der Waals surface area contributed by atoms with Gasteiger partial charge in [-0.3, -0.25) is 0 Å². The van der Waals surface area contributed by atoms with Gasteiger partial charge in [0.1, 0.15) is 5.41 Å². The molecule has 0 amide bonds. The van der Waals surface area contributed by atoms with Crippen LogP contribution in [0, 0.1) is 11.3 Å². The van der Waals surface area contributed by atoms with Crippen LogP contribution >= 0.6 is 11.6 Å². The summed E-state index contributed by atoms with van der Waals surface area (Å²) in [6.45, 7) is 0. The Labute approximate surface area is 91.1 Å². The van der Waals surface area contributed by atoms with Crippen molar-refractivity contribution in [3.05, 3.63) is 29.2 Å². The van der Waals surface area contributed by atoms with Gasteiger partial charge in [0.05, 0.1) is 6.07 Å². The molecule has 0 aromatic carbocycles. The van der Waals surface area contributed by atoms with Crippen molar-refractivity contribution in [1.82, 2.24) is 14.6 Å². The first kappa shape index (κ1) is 8.69. The fourth-order valence-electron chi connectivity index (χ4n) is 1.57.